The van der Waals surface area contributed by atoms with Crippen molar-refractivity contribution >= 4 is 27.3 Å². The van der Waals surface area contributed by atoms with E-state index in [0.29, 0.717) is 30.9 Å². The minimum Gasteiger partial charge on any atom is -0.376 e. The van der Waals surface area contributed by atoms with Crippen LogP contribution in [0.25, 0.3) is 0 Å². The molecule has 1 aliphatic heterocycles. The van der Waals surface area contributed by atoms with E-state index >= 15 is 0 Å². The number of halogens is 3. The number of carbonyl (C=O) groups is 2. The molecule has 1 saturated carbocycles. The molecule has 37 heavy (non-hydrogen) atoms. The molecule has 0 radical (unpaired) electrons. The number of hydrogen-bond donors (Lipinski definition) is 2. The van der Waals surface area contributed by atoms with Gasteiger partial charge in [0.1, 0.15) is 6.04 Å². The molecule has 12 heteroatoms. The third kappa shape index (κ3) is 5.06. The summed E-state index contributed by atoms with van der Waals surface area (Å²) in [6, 6.07) is 9.70. The fourth-order valence-electron chi connectivity index (χ4n) is 4.30. The molecule has 0 spiro atoms. The van der Waals surface area contributed by atoms with Crippen molar-refractivity contribution in [1.82, 2.24) is 4.90 Å². The summed E-state index contributed by atoms with van der Waals surface area (Å²) in [6.45, 7) is 0.586. The van der Waals surface area contributed by atoms with Gasteiger partial charge >= 0.3 is 6.18 Å². The lowest BCUT2D eigenvalue weighted by Gasteiger charge is -2.27. The van der Waals surface area contributed by atoms with Gasteiger partial charge in [0.15, 0.2) is 15.4 Å². The van der Waals surface area contributed by atoms with Gasteiger partial charge in [-0.2, -0.15) is 18.4 Å². The number of amides is 2. The Kier molecular flexibility index (Phi) is 6.37. The summed E-state index contributed by atoms with van der Waals surface area (Å²) in [4.78, 5) is 27.8. The predicted molar refractivity (Wildman–Crippen MR) is 125 cm³/mol. The Labute approximate surface area is 211 Å². The van der Waals surface area contributed by atoms with Gasteiger partial charge in [0.25, 0.3) is 5.91 Å². The smallest absolute Gasteiger partial charge is 0.376 e. The van der Waals surface area contributed by atoms with E-state index in [-0.39, 0.29) is 23.5 Å². The molecule has 2 aromatic carbocycles. The number of nitrogens with one attached hydrogen (secondary N) is 1. The summed E-state index contributed by atoms with van der Waals surface area (Å²) in [5.41, 5.74) is -3.25. The van der Waals surface area contributed by atoms with Gasteiger partial charge in [0.2, 0.25) is 5.91 Å². The van der Waals surface area contributed by atoms with Crippen LogP contribution in [-0.2, 0) is 31.6 Å². The SMILES string of the molecule is CC(O)(c1ccc(NC(=O)C2c3ccc(S(C)(=O)=O)cc3CN2C(=O)CC2(C#N)CC2)cc1)C(F)(F)F. The number of anilines is 1. The Morgan fingerprint density at radius 2 is 1.81 bits per heavy atom. The van der Waals surface area contributed by atoms with E-state index in [9.17, 15) is 41.5 Å². The van der Waals surface area contributed by atoms with Gasteiger partial charge in [-0.3, -0.25) is 9.59 Å². The maximum atomic E-state index is 13.3. The first-order chi connectivity index (χ1) is 17.1. The second-order valence-corrected chi connectivity index (χ2v) is 11.8. The standard InChI is InChI=1S/C25H24F3N3O5S/c1-23(34,25(26,27)28)16-3-5-17(6-4-16)30-22(33)21-19-8-7-18(37(2,35)36)11-15(19)13-31(21)20(32)12-24(14-29)9-10-24/h3-8,11,21,34H,9-10,12-13H2,1-2H3,(H,30,33). The first kappa shape index (κ1) is 26.6. The Bertz CT molecular complexity index is 1410. The molecule has 4 rings (SSSR count). The molecule has 2 N–H and O–H groups in total. The van der Waals surface area contributed by atoms with Crippen LogP contribution in [0, 0.1) is 16.7 Å². The second kappa shape index (κ2) is 8.85. The lowest BCUT2D eigenvalue weighted by molar-refractivity contribution is -0.258. The molecule has 2 unspecified atom stereocenters. The monoisotopic (exact) mass is 535 g/mol. The molecule has 1 fully saturated rings. The molecule has 0 bridgehead atoms. The Morgan fingerprint density at radius 1 is 1.19 bits per heavy atom. The lowest BCUT2D eigenvalue weighted by atomic mass is 9.95. The van der Waals surface area contributed by atoms with Gasteiger partial charge < -0.3 is 15.3 Å². The number of benzene rings is 2. The zero-order valence-electron chi connectivity index (χ0n) is 20.0. The number of carbonyl (C=O) groups excluding carboxylic acids is 2. The maximum absolute atomic E-state index is 13.3. The molecule has 2 aliphatic rings. The number of nitriles is 1. The van der Waals surface area contributed by atoms with E-state index in [2.05, 4.69) is 11.4 Å². The van der Waals surface area contributed by atoms with E-state index in [1.807, 2.05) is 0 Å². The highest BCUT2D eigenvalue weighted by molar-refractivity contribution is 7.90. The van der Waals surface area contributed by atoms with Crippen LogP contribution >= 0.6 is 0 Å². The van der Waals surface area contributed by atoms with Crippen LogP contribution in [0.5, 0.6) is 0 Å². The van der Waals surface area contributed by atoms with E-state index < -0.39 is 50.4 Å². The molecule has 0 saturated heterocycles. The number of alkyl halides is 3. The highest BCUT2D eigenvalue weighted by atomic mass is 32.2. The highest BCUT2D eigenvalue weighted by Crippen LogP contribution is 2.49. The van der Waals surface area contributed by atoms with Crippen LogP contribution in [0.3, 0.4) is 0 Å². The van der Waals surface area contributed by atoms with Gasteiger partial charge in [0.05, 0.1) is 16.4 Å². The zero-order valence-corrected chi connectivity index (χ0v) is 20.8. The summed E-state index contributed by atoms with van der Waals surface area (Å²) in [7, 11) is -3.55. The largest absolute Gasteiger partial charge is 0.421 e. The summed E-state index contributed by atoms with van der Waals surface area (Å²) in [5, 5.41) is 21.8. The first-order valence-corrected chi connectivity index (χ1v) is 13.2. The van der Waals surface area contributed by atoms with Crippen LogP contribution in [0.15, 0.2) is 47.4 Å². The molecule has 2 aromatic rings. The van der Waals surface area contributed by atoms with Crippen LogP contribution in [0.4, 0.5) is 18.9 Å². The lowest BCUT2D eigenvalue weighted by Crippen LogP contribution is -2.39. The third-order valence-electron chi connectivity index (χ3n) is 6.91. The summed E-state index contributed by atoms with van der Waals surface area (Å²) in [6.07, 6.45) is -2.81. The fourth-order valence-corrected chi connectivity index (χ4v) is 4.97. The normalized spacial score (nSPS) is 19.9. The average Bonchev–Trinajstić information content (AvgIpc) is 3.47. The van der Waals surface area contributed by atoms with E-state index in [1.54, 1.807) is 0 Å². The van der Waals surface area contributed by atoms with Crippen molar-refractivity contribution in [2.45, 2.75) is 55.4 Å². The van der Waals surface area contributed by atoms with Crippen molar-refractivity contribution in [3.05, 3.63) is 59.2 Å². The minimum absolute atomic E-state index is 0.0303. The van der Waals surface area contributed by atoms with Crippen molar-refractivity contribution in [2.75, 3.05) is 11.6 Å². The molecule has 1 heterocycles. The van der Waals surface area contributed by atoms with Crippen molar-refractivity contribution < 1.29 is 36.3 Å². The van der Waals surface area contributed by atoms with Gasteiger partial charge in [-0.25, -0.2) is 8.42 Å². The van der Waals surface area contributed by atoms with Crippen molar-refractivity contribution in [3.8, 4) is 6.07 Å². The second-order valence-electron chi connectivity index (χ2n) is 9.76. The topological polar surface area (TPSA) is 128 Å². The van der Waals surface area contributed by atoms with Gasteiger partial charge in [-0.15, -0.1) is 0 Å². The maximum Gasteiger partial charge on any atom is 0.421 e. The molecular weight excluding hydrogens is 511 g/mol. The van der Waals surface area contributed by atoms with Crippen LogP contribution in [-0.4, -0.2) is 42.7 Å². The van der Waals surface area contributed by atoms with Gasteiger partial charge in [0, 0.05) is 24.9 Å². The van der Waals surface area contributed by atoms with Crippen LogP contribution in [0.1, 0.15) is 48.9 Å². The van der Waals surface area contributed by atoms with Crippen molar-refractivity contribution in [1.29, 1.82) is 5.26 Å². The molecule has 0 aromatic heterocycles. The summed E-state index contributed by atoms with van der Waals surface area (Å²) in [5.74, 6) is -1.09. The van der Waals surface area contributed by atoms with Gasteiger partial charge in [-0.05, 0) is 60.7 Å². The molecular formula is C25H24F3N3O5S. The van der Waals surface area contributed by atoms with E-state index in [1.165, 1.54) is 35.2 Å². The summed E-state index contributed by atoms with van der Waals surface area (Å²) < 4.78 is 63.4. The number of hydrogen-bond acceptors (Lipinski definition) is 6. The number of aliphatic hydroxyl groups is 1. The fraction of sp³-hybridized carbons (Fsp3) is 0.400. The van der Waals surface area contributed by atoms with Gasteiger partial charge in [-0.1, -0.05) is 18.2 Å². The zero-order chi connectivity index (χ0) is 27.4. The van der Waals surface area contributed by atoms with Crippen LogP contribution < -0.4 is 5.32 Å². The highest BCUT2D eigenvalue weighted by Gasteiger charge is 2.51. The first-order valence-electron chi connectivity index (χ1n) is 11.3. The van der Waals surface area contributed by atoms with E-state index in [0.717, 1.165) is 18.4 Å². The summed E-state index contributed by atoms with van der Waals surface area (Å²) >= 11 is 0. The number of sulfone groups is 1. The average molecular weight is 536 g/mol. The number of fused-ring (bicyclic) bond motifs is 1. The molecule has 2 amide bonds. The Morgan fingerprint density at radius 3 is 2.32 bits per heavy atom. The quantitative estimate of drug-likeness (QED) is 0.582. The molecule has 1 aliphatic carbocycles. The number of rotatable bonds is 6. The third-order valence-corrected chi connectivity index (χ3v) is 8.02. The predicted octanol–water partition coefficient (Wildman–Crippen LogP) is 3.58. The Balaban J connectivity index is 1.62. The van der Waals surface area contributed by atoms with E-state index in [4.69, 9.17) is 0 Å². The van der Waals surface area contributed by atoms with Crippen molar-refractivity contribution in [3.63, 3.8) is 0 Å². The minimum atomic E-state index is -4.90. The molecule has 8 nitrogen and oxygen atoms in total. The number of nitrogens with zero attached hydrogens (tertiary/aromatic N) is 2. The Hall–Kier alpha value is -3.43. The van der Waals surface area contributed by atoms with Crippen LogP contribution in [0.2, 0.25) is 0 Å². The molecule has 2 atom stereocenters. The van der Waals surface area contributed by atoms with Crippen molar-refractivity contribution in [2.24, 2.45) is 5.41 Å². The molecule has 196 valence electrons.